The van der Waals surface area contributed by atoms with Gasteiger partial charge in [-0.1, -0.05) is 6.08 Å². The van der Waals surface area contributed by atoms with Crippen LogP contribution >= 0.6 is 11.8 Å². The number of carboxylic acids is 1. The van der Waals surface area contributed by atoms with E-state index in [1.165, 1.54) is 17.8 Å². The number of thioether (sulfide) groups is 1. The molecule has 0 aromatic carbocycles. The van der Waals surface area contributed by atoms with Crippen LogP contribution in [0.15, 0.2) is 12.7 Å². The van der Waals surface area contributed by atoms with Crippen LogP contribution < -0.4 is 5.73 Å². The molecule has 0 aliphatic carbocycles. The van der Waals surface area contributed by atoms with Gasteiger partial charge in [-0.25, -0.2) is 8.42 Å². The van der Waals surface area contributed by atoms with Gasteiger partial charge in [0.05, 0.1) is 10.8 Å². The molecule has 0 saturated carbocycles. The molecule has 5 nitrogen and oxygen atoms in total. The SMILES string of the molecule is C=CCS(=O)(=O)CSCC[C@H](N)C(=O)O. The van der Waals surface area contributed by atoms with Gasteiger partial charge in [0.1, 0.15) is 6.04 Å². The Kier molecular flexibility index (Phi) is 6.62. The zero-order valence-corrected chi connectivity index (χ0v) is 9.89. The second kappa shape index (κ2) is 6.86. The Morgan fingerprint density at radius 1 is 1.60 bits per heavy atom. The topological polar surface area (TPSA) is 97.5 Å². The van der Waals surface area contributed by atoms with Crippen LogP contribution in [0.5, 0.6) is 0 Å². The van der Waals surface area contributed by atoms with Crippen molar-refractivity contribution in [3.8, 4) is 0 Å². The zero-order chi connectivity index (χ0) is 11.9. The fourth-order valence-corrected chi connectivity index (χ4v) is 3.40. The first-order valence-electron chi connectivity index (χ1n) is 4.26. The molecular formula is C8H15NO4S2. The summed E-state index contributed by atoms with van der Waals surface area (Å²) in [6.45, 7) is 3.34. The van der Waals surface area contributed by atoms with Crippen molar-refractivity contribution in [1.29, 1.82) is 0 Å². The van der Waals surface area contributed by atoms with Gasteiger partial charge < -0.3 is 10.8 Å². The van der Waals surface area contributed by atoms with Gasteiger partial charge in [-0.3, -0.25) is 4.79 Å². The molecule has 0 aromatic rings. The standard InChI is InChI=1S/C8H15NO4S2/c1-2-5-15(12,13)6-14-4-3-7(9)8(10)11/h2,7H,1,3-6,9H2,(H,10,11)/t7-/m0/s1. The molecule has 0 saturated heterocycles. The lowest BCUT2D eigenvalue weighted by Crippen LogP contribution is -2.30. The van der Waals surface area contributed by atoms with E-state index < -0.39 is 21.8 Å². The van der Waals surface area contributed by atoms with Gasteiger partial charge in [0.25, 0.3) is 0 Å². The molecule has 15 heavy (non-hydrogen) atoms. The van der Waals surface area contributed by atoms with Crippen LogP contribution in [0.2, 0.25) is 0 Å². The number of nitrogens with two attached hydrogens (primary N) is 1. The number of rotatable bonds is 8. The predicted octanol–water partition coefficient (Wildman–Crippen LogP) is 0.0799. The Bertz CT molecular complexity index is 313. The van der Waals surface area contributed by atoms with Gasteiger partial charge in [-0.2, -0.15) is 0 Å². The lowest BCUT2D eigenvalue weighted by molar-refractivity contribution is -0.138. The van der Waals surface area contributed by atoms with Crippen molar-refractivity contribution in [2.24, 2.45) is 5.73 Å². The molecule has 0 radical (unpaired) electrons. The second-order valence-corrected chi connectivity index (χ2v) is 6.54. The average Bonchev–Trinajstić information content (AvgIpc) is 2.11. The maximum absolute atomic E-state index is 11.2. The maximum atomic E-state index is 11.2. The van der Waals surface area contributed by atoms with Crippen molar-refractivity contribution in [2.75, 3.05) is 16.6 Å². The minimum Gasteiger partial charge on any atom is -0.480 e. The summed E-state index contributed by atoms with van der Waals surface area (Å²) in [5.41, 5.74) is 5.25. The van der Waals surface area contributed by atoms with Gasteiger partial charge in [0.15, 0.2) is 9.84 Å². The summed E-state index contributed by atoms with van der Waals surface area (Å²) in [4.78, 5) is 10.3. The number of hydrogen-bond acceptors (Lipinski definition) is 5. The van der Waals surface area contributed by atoms with Crippen LogP contribution in [0.1, 0.15) is 6.42 Å². The smallest absolute Gasteiger partial charge is 0.320 e. The van der Waals surface area contributed by atoms with E-state index in [9.17, 15) is 13.2 Å². The van der Waals surface area contributed by atoms with E-state index in [4.69, 9.17) is 10.8 Å². The highest BCUT2D eigenvalue weighted by molar-refractivity contribution is 8.12. The van der Waals surface area contributed by atoms with Gasteiger partial charge in [0.2, 0.25) is 0 Å². The van der Waals surface area contributed by atoms with Crippen molar-refractivity contribution < 1.29 is 18.3 Å². The minimum absolute atomic E-state index is 0.0225. The van der Waals surface area contributed by atoms with Gasteiger partial charge in [0, 0.05) is 0 Å². The van der Waals surface area contributed by atoms with Crippen molar-refractivity contribution in [3.63, 3.8) is 0 Å². The fourth-order valence-electron chi connectivity index (χ4n) is 0.747. The lowest BCUT2D eigenvalue weighted by Gasteiger charge is -2.05. The lowest BCUT2D eigenvalue weighted by atomic mass is 10.2. The average molecular weight is 253 g/mol. The fraction of sp³-hybridized carbons (Fsp3) is 0.625. The first-order valence-corrected chi connectivity index (χ1v) is 7.24. The van der Waals surface area contributed by atoms with Crippen LogP contribution in [0.4, 0.5) is 0 Å². The highest BCUT2D eigenvalue weighted by atomic mass is 32.3. The summed E-state index contributed by atoms with van der Waals surface area (Å²) < 4.78 is 22.3. The van der Waals surface area contributed by atoms with E-state index >= 15 is 0 Å². The van der Waals surface area contributed by atoms with Crippen LogP contribution in [-0.2, 0) is 14.6 Å². The van der Waals surface area contributed by atoms with E-state index in [1.54, 1.807) is 0 Å². The number of carbonyl (C=O) groups is 1. The van der Waals surface area contributed by atoms with E-state index in [0.29, 0.717) is 5.75 Å². The van der Waals surface area contributed by atoms with Crippen molar-refractivity contribution in [1.82, 2.24) is 0 Å². The third kappa shape index (κ3) is 7.40. The third-order valence-electron chi connectivity index (χ3n) is 1.53. The summed E-state index contributed by atoms with van der Waals surface area (Å²) in [6, 6.07) is -0.917. The number of hydrogen-bond donors (Lipinski definition) is 2. The summed E-state index contributed by atoms with van der Waals surface area (Å²) in [7, 11) is -3.09. The van der Waals surface area contributed by atoms with Gasteiger partial charge >= 0.3 is 5.97 Å². The Morgan fingerprint density at radius 2 is 2.20 bits per heavy atom. The van der Waals surface area contributed by atoms with Crippen LogP contribution in [0.3, 0.4) is 0 Å². The molecule has 0 aliphatic rings. The molecule has 3 N–H and O–H groups in total. The molecule has 88 valence electrons. The highest BCUT2D eigenvalue weighted by Crippen LogP contribution is 2.09. The number of aliphatic carboxylic acids is 1. The Labute approximate surface area is 93.6 Å². The normalized spacial score (nSPS) is 13.4. The Balaban J connectivity index is 3.72. The number of sulfone groups is 1. The molecule has 0 amide bonds. The van der Waals surface area contributed by atoms with E-state index in [0.717, 1.165) is 0 Å². The summed E-state index contributed by atoms with van der Waals surface area (Å²) >= 11 is 1.17. The van der Waals surface area contributed by atoms with Crippen LogP contribution in [0, 0.1) is 0 Å². The van der Waals surface area contributed by atoms with Crippen LogP contribution in [-0.4, -0.2) is 42.1 Å². The molecule has 0 aromatic heterocycles. The molecule has 0 fully saturated rings. The van der Waals surface area contributed by atoms with E-state index in [2.05, 4.69) is 6.58 Å². The first kappa shape index (κ1) is 14.5. The molecular weight excluding hydrogens is 238 g/mol. The molecule has 0 aliphatic heterocycles. The second-order valence-electron chi connectivity index (χ2n) is 2.96. The quantitative estimate of drug-likeness (QED) is 0.469. The van der Waals surface area contributed by atoms with Crippen molar-refractivity contribution in [2.45, 2.75) is 12.5 Å². The predicted molar refractivity (Wildman–Crippen MR) is 61.5 cm³/mol. The Hall–Kier alpha value is -0.530. The third-order valence-corrected chi connectivity index (χ3v) is 4.90. The van der Waals surface area contributed by atoms with Gasteiger partial charge in [-0.05, 0) is 12.2 Å². The molecule has 0 bridgehead atoms. The summed E-state index contributed by atoms with van der Waals surface area (Å²) in [5, 5.41) is 8.44. The van der Waals surface area contributed by atoms with E-state index in [-0.39, 0.29) is 17.3 Å². The molecule has 7 heteroatoms. The first-order chi connectivity index (χ1) is 6.89. The summed E-state index contributed by atoms with van der Waals surface area (Å²) in [6.07, 6.45) is 1.60. The highest BCUT2D eigenvalue weighted by Gasteiger charge is 2.12. The van der Waals surface area contributed by atoms with Crippen molar-refractivity contribution in [3.05, 3.63) is 12.7 Å². The van der Waals surface area contributed by atoms with Crippen LogP contribution in [0.25, 0.3) is 0 Å². The minimum atomic E-state index is -3.09. The number of carboxylic acid groups (broad SMARTS) is 1. The zero-order valence-electron chi connectivity index (χ0n) is 8.26. The summed E-state index contributed by atoms with van der Waals surface area (Å²) in [5.74, 6) is -0.695. The van der Waals surface area contributed by atoms with Gasteiger partial charge in [-0.15, -0.1) is 18.3 Å². The van der Waals surface area contributed by atoms with E-state index in [1.807, 2.05) is 0 Å². The molecule has 0 unspecified atom stereocenters. The molecule has 0 spiro atoms. The molecule has 1 atom stereocenters. The Morgan fingerprint density at radius 3 is 2.67 bits per heavy atom. The van der Waals surface area contributed by atoms with Crippen molar-refractivity contribution >= 4 is 27.6 Å². The molecule has 0 rings (SSSR count). The monoisotopic (exact) mass is 253 g/mol. The molecule has 0 heterocycles. The largest absolute Gasteiger partial charge is 0.480 e. The maximum Gasteiger partial charge on any atom is 0.320 e.